The Bertz CT molecular complexity index is 574. The Morgan fingerprint density at radius 2 is 1.96 bits per heavy atom. The van der Waals surface area contributed by atoms with Crippen molar-refractivity contribution < 1.29 is 14.3 Å². The van der Waals surface area contributed by atoms with Crippen LogP contribution >= 0.6 is 24.0 Å². The number of carbonyl (C=O) groups excluding carboxylic acids is 2. The zero-order valence-electron chi connectivity index (χ0n) is 13.7. The first-order chi connectivity index (χ1) is 11.6. The topological polar surface area (TPSA) is 58.6 Å². The Morgan fingerprint density at radius 3 is 2.58 bits per heavy atom. The van der Waals surface area contributed by atoms with Gasteiger partial charge in [0.1, 0.15) is 10.4 Å². The van der Waals surface area contributed by atoms with Crippen LogP contribution in [0.4, 0.5) is 0 Å². The van der Waals surface area contributed by atoms with E-state index in [0.29, 0.717) is 6.42 Å². The van der Waals surface area contributed by atoms with Gasteiger partial charge in [-0.25, -0.2) is 4.79 Å². The van der Waals surface area contributed by atoms with Gasteiger partial charge in [0.15, 0.2) is 0 Å². The number of thiocarbonyl (C=S) groups is 1. The lowest BCUT2D eigenvalue weighted by atomic mass is 10.1. The minimum atomic E-state index is -0.689. The summed E-state index contributed by atoms with van der Waals surface area (Å²) in [5.74, 6) is -0.454. The van der Waals surface area contributed by atoms with Crippen LogP contribution in [-0.2, 0) is 20.7 Å². The van der Waals surface area contributed by atoms with Crippen LogP contribution in [-0.4, -0.2) is 53.1 Å². The van der Waals surface area contributed by atoms with Crippen LogP contribution in [0.5, 0.6) is 0 Å². The second-order valence-electron chi connectivity index (χ2n) is 5.58. The molecule has 0 unspecified atom stereocenters. The molecule has 130 valence electrons. The molecule has 0 bridgehead atoms. The van der Waals surface area contributed by atoms with Gasteiger partial charge < -0.3 is 15.0 Å². The van der Waals surface area contributed by atoms with Crippen molar-refractivity contribution in [1.82, 2.24) is 10.2 Å². The molecule has 0 saturated carbocycles. The molecular formula is C17H22N2O3S2. The molecule has 1 amide bonds. The van der Waals surface area contributed by atoms with Gasteiger partial charge in [-0.2, -0.15) is 0 Å². The number of nitrogens with one attached hydrogen (secondary N) is 1. The second kappa shape index (κ2) is 9.64. The molecule has 1 aliphatic heterocycles. The third kappa shape index (κ3) is 5.79. The number of esters is 1. The van der Waals surface area contributed by atoms with E-state index in [1.54, 1.807) is 0 Å². The van der Waals surface area contributed by atoms with Crippen LogP contribution in [0, 0.1) is 0 Å². The number of thioether (sulfide) groups is 1. The van der Waals surface area contributed by atoms with Gasteiger partial charge in [0.05, 0.1) is 12.9 Å². The molecule has 0 aliphatic carbocycles. The largest absolute Gasteiger partial charge is 0.467 e. The molecule has 0 aromatic heterocycles. The molecule has 1 fully saturated rings. The Morgan fingerprint density at radius 1 is 1.29 bits per heavy atom. The fraction of sp³-hybridized carbons (Fsp3) is 0.471. The number of rotatable bonds is 6. The molecule has 0 spiro atoms. The Hall–Kier alpha value is -1.60. The van der Waals surface area contributed by atoms with Crippen LogP contribution in [0.25, 0.3) is 0 Å². The average Bonchev–Trinajstić information content (AvgIpc) is 3.14. The van der Waals surface area contributed by atoms with E-state index in [1.165, 1.54) is 18.9 Å². The van der Waals surface area contributed by atoms with E-state index in [0.717, 1.165) is 35.8 Å². The van der Waals surface area contributed by atoms with Crippen LogP contribution in [0.15, 0.2) is 30.3 Å². The van der Waals surface area contributed by atoms with Gasteiger partial charge in [-0.05, 0) is 18.4 Å². The van der Waals surface area contributed by atoms with E-state index in [-0.39, 0.29) is 11.7 Å². The Labute approximate surface area is 152 Å². The lowest BCUT2D eigenvalue weighted by Gasteiger charge is -2.19. The number of hydrogen-bond donors (Lipinski definition) is 1. The molecular weight excluding hydrogens is 344 g/mol. The molecule has 7 heteroatoms. The highest BCUT2D eigenvalue weighted by Gasteiger charge is 2.23. The van der Waals surface area contributed by atoms with Crippen molar-refractivity contribution in [3.05, 3.63) is 35.9 Å². The molecule has 1 atom stereocenters. The fourth-order valence-corrected chi connectivity index (χ4v) is 3.60. The van der Waals surface area contributed by atoms with Gasteiger partial charge in [0.25, 0.3) is 0 Å². The first-order valence-corrected chi connectivity index (χ1v) is 9.32. The smallest absolute Gasteiger partial charge is 0.328 e. The summed E-state index contributed by atoms with van der Waals surface area (Å²) in [4.78, 5) is 26.2. The second-order valence-corrected chi connectivity index (χ2v) is 7.19. The predicted octanol–water partition coefficient (Wildman–Crippen LogP) is 2.00. The number of methoxy groups -OCH3 is 1. The number of amides is 1. The van der Waals surface area contributed by atoms with Crippen LogP contribution < -0.4 is 5.32 Å². The maximum absolute atomic E-state index is 12.2. The standard InChI is InChI=1S/C17H22N2O3S2/c1-22-16(21)14(11-13-7-3-2-4-8-13)18-15(20)12-24-17(23)19-9-5-6-10-19/h2-4,7-8,14H,5-6,9-12H2,1H3,(H,18,20)/t14-/m1/s1. The minimum Gasteiger partial charge on any atom is -0.467 e. The summed E-state index contributed by atoms with van der Waals surface area (Å²) in [5.41, 5.74) is 0.966. The van der Waals surface area contributed by atoms with E-state index < -0.39 is 12.0 Å². The minimum absolute atomic E-state index is 0.206. The molecule has 1 aliphatic rings. The van der Waals surface area contributed by atoms with Crippen molar-refractivity contribution >= 4 is 40.2 Å². The monoisotopic (exact) mass is 366 g/mol. The van der Waals surface area contributed by atoms with Crippen molar-refractivity contribution in [1.29, 1.82) is 0 Å². The lowest BCUT2D eigenvalue weighted by molar-refractivity contribution is -0.144. The number of benzene rings is 1. The van der Waals surface area contributed by atoms with E-state index in [1.807, 2.05) is 30.3 Å². The number of likely N-dealkylation sites (tertiary alicyclic amines) is 1. The number of nitrogens with zero attached hydrogens (tertiary/aromatic N) is 1. The van der Waals surface area contributed by atoms with E-state index in [2.05, 4.69) is 10.2 Å². The lowest BCUT2D eigenvalue weighted by Crippen LogP contribution is -2.44. The summed E-state index contributed by atoms with van der Waals surface area (Å²) in [6.45, 7) is 1.93. The van der Waals surface area contributed by atoms with Gasteiger partial charge in [-0.15, -0.1) is 0 Å². The molecule has 2 rings (SSSR count). The number of hydrogen-bond acceptors (Lipinski definition) is 5. The Balaban J connectivity index is 1.85. The summed E-state index contributed by atoms with van der Waals surface area (Å²) >= 11 is 6.69. The van der Waals surface area contributed by atoms with Crippen molar-refractivity contribution in [3.63, 3.8) is 0 Å². The van der Waals surface area contributed by atoms with Crippen molar-refractivity contribution in [3.8, 4) is 0 Å². The molecule has 24 heavy (non-hydrogen) atoms. The molecule has 1 aromatic carbocycles. The average molecular weight is 367 g/mol. The first kappa shape index (κ1) is 18.7. The summed E-state index contributed by atoms with van der Waals surface area (Å²) in [7, 11) is 1.32. The van der Waals surface area contributed by atoms with E-state index >= 15 is 0 Å². The predicted molar refractivity (Wildman–Crippen MR) is 100.0 cm³/mol. The highest BCUT2D eigenvalue weighted by molar-refractivity contribution is 8.23. The highest BCUT2D eigenvalue weighted by Crippen LogP contribution is 2.16. The zero-order chi connectivity index (χ0) is 17.4. The van der Waals surface area contributed by atoms with Gasteiger partial charge in [0, 0.05) is 19.5 Å². The van der Waals surface area contributed by atoms with Gasteiger partial charge in [-0.1, -0.05) is 54.3 Å². The van der Waals surface area contributed by atoms with Gasteiger partial charge >= 0.3 is 5.97 Å². The van der Waals surface area contributed by atoms with Crippen molar-refractivity contribution in [2.24, 2.45) is 0 Å². The van der Waals surface area contributed by atoms with E-state index in [4.69, 9.17) is 17.0 Å². The molecule has 5 nitrogen and oxygen atoms in total. The fourth-order valence-electron chi connectivity index (χ4n) is 2.54. The van der Waals surface area contributed by atoms with Crippen molar-refractivity contribution in [2.75, 3.05) is 26.0 Å². The molecule has 1 N–H and O–H groups in total. The summed E-state index contributed by atoms with van der Waals surface area (Å²) in [5, 5.41) is 2.75. The Kier molecular flexibility index (Phi) is 7.52. The maximum atomic E-state index is 12.2. The van der Waals surface area contributed by atoms with Crippen LogP contribution in [0.1, 0.15) is 18.4 Å². The first-order valence-electron chi connectivity index (χ1n) is 7.93. The summed E-state index contributed by atoms with van der Waals surface area (Å²) < 4.78 is 5.55. The number of ether oxygens (including phenoxy) is 1. The maximum Gasteiger partial charge on any atom is 0.328 e. The quantitative estimate of drug-likeness (QED) is 0.614. The highest BCUT2D eigenvalue weighted by atomic mass is 32.2. The van der Waals surface area contributed by atoms with E-state index in [9.17, 15) is 9.59 Å². The van der Waals surface area contributed by atoms with Crippen molar-refractivity contribution in [2.45, 2.75) is 25.3 Å². The summed E-state index contributed by atoms with van der Waals surface area (Å²) in [6.07, 6.45) is 2.70. The zero-order valence-corrected chi connectivity index (χ0v) is 15.3. The van der Waals surface area contributed by atoms with Crippen LogP contribution in [0.2, 0.25) is 0 Å². The molecule has 1 aromatic rings. The third-order valence-corrected chi connectivity index (χ3v) is 5.32. The normalized spacial score (nSPS) is 15.0. The van der Waals surface area contributed by atoms with Gasteiger partial charge in [-0.3, -0.25) is 4.79 Å². The third-order valence-electron chi connectivity index (χ3n) is 3.79. The molecule has 1 heterocycles. The molecule has 1 saturated heterocycles. The summed E-state index contributed by atoms with van der Waals surface area (Å²) in [6, 6.07) is 8.85. The van der Waals surface area contributed by atoms with Gasteiger partial charge in [0.2, 0.25) is 5.91 Å². The van der Waals surface area contributed by atoms with Crippen LogP contribution in [0.3, 0.4) is 0 Å². The SMILES string of the molecule is COC(=O)[C@@H](Cc1ccccc1)NC(=O)CSC(=S)N1CCCC1. The number of carbonyl (C=O) groups is 2. The molecule has 0 radical (unpaired) electrons.